The fourth-order valence-electron chi connectivity index (χ4n) is 4.05. The van der Waals surface area contributed by atoms with Gasteiger partial charge < -0.3 is 9.88 Å². The molecule has 0 amide bonds. The molecule has 8 nitrogen and oxygen atoms in total. The van der Waals surface area contributed by atoms with Gasteiger partial charge in [0.2, 0.25) is 0 Å². The largest absolute Gasteiger partial charge is 0.360 e. The third-order valence-corrected chi connectivity index (χ3v) is 5.98. The van der Waals surface area contributed by atoms with Crippen LogP contribution in [0, 0.1) is 0 Å². The molecule has 0 radical (unpaired) electrons. The second-order valence-corrected chi connectivity index (χ2v) is 7.98. The van der Waals surface area contributed by atoms with Gasteiger partial charge in [-0.25, -0.2) is 18.0 Å². The van der Waals surface area contributed by atoms with Crippen molar-refractivity contribution in [3.8, 4) is 0 Å². The van der Waals surface area contributed by atoms with Crippen molar-refractivity contribution in [3.63, 3.8) is 0 Å². The van der Waals surface area contributed by atoms with E-state index in [1.807, 2.05) is 31.2 Å². The first kappa shape index (κ1) is 19.4. The zero-order valence-corrected chi connectivity index (χ0v) is 16.9. The summed E-state index contributed by atoms with van der Waals surface area (Å²) in [4.78, 5) is 25.2. The van der Waals surface area contributed by atoms with E-state index >= 15 is 0 Å². The van der Waals surface area contributed by atoms with Crippen LogP contribution >= 0.6 is 0 Å². The number of alkyl halides is 2. The van der Waals surface area contributed by atoms with Crippen LogP contribution in [0.25, 0.3) is 16.3 Å². The summed E-state index contributed by atoms with van der Waals surface area (Å²) >= 11 is 0. The summed E-state index contributed by atoms with van der Waals surface area (Å²) in [7, 11) is 1.49. The van der Waals surface area contributed by atoms with E-state index in [-0.39, 0.29) is 24.3 Å². The highest BCUT2D eigenvalue weighted by atomic mass is 19.3. The number of nitrogens with one attached hydrogen (secondary N) is 1. The van der Waals surface area contributed by atoms with Crippen LogP contribution in [0.5, 0.6) is 0 Å². The van der Waals surface area contributed by atoms with Crippen molar-refractivity contribution in [1.29, 1.82) is 0 Å². The average Bonchev–Trinajstić information content (AvgIpc) is 3.41. The van der Waals surface area contributed by atoms with Gasteiger partial charge in [-0.15, -0.1) is 0 Å². The number of hydrogen-bond donors (Lipinski definition) is 1. The molecule has 1 N–H and O–H groups in total. The number of aryl methyl sites for hydroxylation is 1. The van der Waals surface area contributed by atoms with Gasteiger partial charge in [0.05, 0.1) is 22.6 Å². The lowest BCUT2D eigenvalue weighted by atomic mass is 10.1. The molecule has 0 bridgehead atoms. The highest BCUT2D eigenvalue weighted by Gasteiger charge is 2.53. The molecule has 0 aliphatic heterocycles. The molecule has 10 heteroatoms. The Hall–Kier alpha value is -3.56. The SMILES string of the molecule is C[C@H](Nc1nn(C)c(=O)c2cc(=O)n(C3(C(F)F)CC3)cc12)c1cccc2ccnn12. The molecule has 0 spiro atoms. The molecule has 1 saturated carbocycles. The summed E-state index contributed by atoms with van der Waals surface area (Å²) in [5.74, 6) is 0.326. The fourth-order valence-corrected chi connectivity index (χ4v) is 4.05. The predicted octanol–water partition coefficient (Wildman–Crippen LogP) is 2.67. The van der Waals surface area contributed by atoms with Crippen LogP contribution in [0.4, 0.5) is 14.6 Å². The molecule has 1 atom stereocenters. The number of rotatable bonds is 5. The first-order valence-corrected chi connectivity index (χ1v) is 9.93. The predicted molar refractivity (Wildman–Crippen MR) is 112 cm³/mol. The van der Waals surface area contributed by atoms with Crippen molar-refractivity contribution in [1.82, 2.24) is 24.0 Å². The molecule has 1 fully saturated rings. The molecule has 0 aromatic carbocycles. The maximum Gasteiger partial charge on any atom is 0.274 e. The number of halogens is 2. The number of fused-ring (bicyclic) bond motifs is 2. The van der Waals surface area contributed by atoms with E-state index in [0.717, 1.165) is 26.5 Å². The van der Waals surface area contributed by atoms with Gasteiger partial charge in [-0.3, -0.25) is 9.59 Å². The third-order valence-electron chi connectivity index (χ3n) is 5.98. The van der Waals surface area contributed by atoms with Gasteiger partial charge in [0.1, 0.15) is 5.54 Å². The highest BCUT2D eigenvalue weighted by molar-refractivity contribution is 5.90. The summed E-state index contributed by atoms with van der Waals surface area (Å²) in [6.45, 7) is 1.91. The van der Waals surface area contributed by atoms with Crippen LogP contribution in [0.1, 0.15) is 31.5 Å². The molecule has 1 aliphatic carbocycles. The number of aromatic nitrogens is 5. The molecule has 4 heterocycles. The molecule has 0 saturated heterocycles. The van der Waals surface area contributed by atoms with Crippen molar-refractivity contribution in [2.24, 2.45) is 7.05 Å². The van der Waals surface area contributed by atoms with Crippen LogP contribution in [0.15, 0.2) is 52.3 Å². The standard InChI is InChI=1S/C21H20F2N6O2/c1-12(16-5-3-4-13-6-9-24-29(13)16)25-18-15-11-28(21(7-8-21)20(22)23)17(30)10-14(15)19(31)27(2)26-18/h3-6,9-12,20H,7-8H2,1-2H3,(H,25,26)/t12-/m0/s1. The lowest BCUT2D eigenvalue weighted by Gasteiger charge is -2.21. The van der Waals surface area contributed by atoms with E-state index in [0.29, 0.717) is 11.2 Å². The molecule has 31 heavy (non-hydrogen) atoms. The highest BCUT2D eigenvalue weighted by Crippen LogP contribution is 2.48. The molecular formula is C21H20F2N6O2. The van der Waals surface area contributed by atoms with Crippen molar-refractivity contribution in [3.05, 3.63) is 69.1 Å². The molecular weight excluding hydrogens is 406 g/mol. The molecule has 4 aromatic rings. The van der Waals surface area contributed by atoms with Crippen molar-refractivity contribution in [2.75, 3.05) is 5.32 Å². The quantitative estimate of drug-likeness (QED) is 0.530. The first-order valence-electron chi connectivity index (χ1n) is 9.93. The van der Waals surface area contributed by atoms with E-state index in [1.54, 1.807) is 10.7 Å². The second kappa shape index (κ2) is 6.73. The number of anilines is 1. The van der Waals surface area contributed by atoms with E-state index in [2.05, 4.69) is 15.5 Å². The second-order valence-electron chi connectivity index (χ2n) is 7.98. The van der Waals surface area contributed by atoms with Gasteiger partial charge in [-0.2, -0.15) is 10.2 Å². The van der Waals surface area contributed by atoms with Gasteiger partial charge in [-0.1, -0.05) is 6.07 Å². The third kappa shape index (κ3) is 2.93. The summed E-state index contributed by atoms with van der Waals surface area (Å²) in [6.07, 6.45) is 0.803. The minimum absolute atomic E-state index is 0.135. The average molecular weight is 426 g/mol. The summed E-state index contributed by atoms with van der Waals surface area (Å²) in [6, 6.07) is 8.49. The van der Waals surface area contributed by atoms with Crippen LogP contribution < -0.4 is 16.4 Å². The van der Waals surface area contributed by atoms with Crippen LogP contribution in [-0.2, 0) is 12.6 Å². The van der Waals surface area contributed by atoms with E-state index in [1.165, 1.54) is 13.2 Å². The minimum Gasteiger partial charge on any atom is -0.360 e. The summed E-state index contributed by atoms with van der Waals surface area (Å²) in [5, 5.41) is 12.4. The Balaban J connectivity index is 1.66. The van der Waals surface area contributed by atoms with Gasteiger partial charge in [0.15, 0.2) is 5.82 Å². The fraction of sp³-hybridized carbons (Fsp3) is 0.333. The van der Waals surface area contributed by atoms with E-state index < -0.39 is 23.1 Å². The Bertz CT molecular complexity index is 1430. The van der Waals surface area contributed by atoms with Crippen molar-refractivity contribution < 1.29 is 8.78 Å². The van der Waals surface area contributed by atoms with Gasteiger partial charge in [0, 0.05) is 30.9 Å². The summed E-state index contributed by atoms with van der Waals surface area (Å²) in [5.41, 5.74) is -0.810. The van der Waals surface area contributed by atoms with Crippen LogP contribution in [0.3, 0.4) is 0 Å². The van der Waals surface area contributed by atoms with Crippen molar-refractivity contribution >= 4 is 22.1 Å². The van der Waals surface area contributed by atoms with Gasteiger partial charge in [-0.05, 0) is 38.0 Å². The molecule has 4 aromatic heterocycles. The molecule has 5 rings (SSSR count). The van der Waals surface area contributed by atoms with Crippen LogP contribution in [0.2, 0.25) is 0 Å². The number of nitrogens with zero attached hydrogens (tertiary/aromatic N) is 5. The lowest BCUT2D eigenvalue weighted by Crippen LogP contribution is -2.36. The monoisotopic (exact) mass is 426 g/mol. The zero-order chi connectivity index (χ0) is 21.9. The Labute approximate surface area is 174 Å². The Morgan fingerprint density at radius 3 is 2.65 bits per heavy atom. The van der Waals surface area contributed by atoms with Gasteiger partial charge in [0.25, 0.3) is 17.5 Å². The molecule has 1 aliphatic rings. The van der Waals surface area contributed by atoms with E-state index in [9.17, 15) is 18.4 Å². The van der Waals surface area contributed by atoms with E-state index in [4.69, 9.17) is 0 Å². The lowest BCUT2D eigenvalue weighted by molar-refractivity contribution is 0.0654. The zero-order valence-electron chi connectivity index (χ0n) is 16.9. The maximum absolute atomic E-state index is 13.7. The topological polar surface area (TPSA) is 86.2 Å². The Morgan fingerprint density at radius 2 is 1.94 bits per heavy atom. The molecule has 160 valence electrons. The Morgan fingerprint density at radius 1 is 1.16 bits per heavy atom. The summed E-state index contributed by atoms with van der Waals surface area (Å²) < 4.78 is 31.3. The van der Waals surface area contributed by atoms with Gasteiger partial charge >= 0.3 is 0 Å². The van der Waals surface area contributed by atoms with Crippen LogP contribution in [-0.4, -0.2) is 30.4 Å². The Kier molecular flexibility index (Phi) is 4.21. The number of hydrogen-bond acceptors (Lipinski definition) is 5. The maximum atomic E-state index is 13.7. The minimum atomic E-state index is -2.67. The molecule has 0 unspecified atom stereocenters. The van der Waals surface area contributed by atoms with Crippen molar-refractivity contribution in [2.45, 2.75) is 37.8 Å². The smallest absolute Gasteiger partial charge is 0.274 e. The number of pyridine rings is 2. The first-order chi connectivity index (χ1) is 14.8. The normalized spacial score (nSPS) is 16.2.